The zero-order valence-corrected chi connectivity index (χ0v) is 14.0. The van der Waals surface area contributed by atoms with Crippen LogP contribution in [-0.2, 0) is 4.79 Å². The molecular weight excluding hydrogens is 357 g/mol. The van der Waals surface area contributed by atoms with Gasteiger partial charge in [-0.05, 0) is 30.3 Å². The maximum atomic E-state index is 12.0. The Morgan fingerprint density at radius 3 is 2.70 bits per heavy atom. The number of amides is 1. The summed E-state index contributed by atoms with van der Waals surface area (Å²) in [5, 5.41) is 12.3. The Hall–Kier alpha value is -1.96. The fourth-order valence-electron chi connectivity index (χ4n) is 1.94. The van der Waals surface area contributed by atoms with Crippen LogP contribution in [0.5, 0.6) is 0 Å². The number of nitrogen functional groups attached to an aromatic ring is 1. The molecule has 118 valence electrons. The SMILES string of the molecule is Nc1ccc2nnc(SCC(=O)Nc3cc(Cl)cc(Cl)c3)n2c1. The summed E-state index contributed by atoms with van der Waals surface area (Å²) in [4.78, 5) is 12.0. The average Bonchev–Trinajstić information content (AvgIpc) is 2.86. The number of hydrogen-bond acceptors (Lipinski definition) is 5. The van der Waals surface area contributed by atoms with Crippen LogP contribution < -0.4 is 11.1 Å². The molecule has 0 unspecified atom stereocenters. The molecule has 3 aromatic rings. The van der Waals surface area contributed by atoms with Crippen molar-refractivity contribution in [1.29, 1.82) is 0 Å². The van der Waals surface area contributed by atoms with Crippen molar-refractivity contribution in [2.45, 2.75) is 5.16 Å². The van der Waals surface area contributed by atoms with Crippen LogP contribution in [-0.4, -0.2) is 26.3 Å². The third-order valence-electron chi connectivity index (χ3n) is 2.87. The van der Waals surface area contributed by atoms with Gasteiger partial charge in [-0.3, -0.25) is 9.20 Å². The first-order valence-electron chi connectivity index (χ1n) is 6.50. The van der Waals surface area contributed by atoms with E-state index in [0.29, 0.717) is 32.2 Å². The van der Waals surface area contributed by atoms with Gasteiger partial charge in [-0.15, -0.1) is 10.2 Å². The highest BCUT2D eigenvalue weighted by Gasteiger charge is 2.10. The minimum absolute atomic E-state index is 0.166. The summed E-state index contributed by atoms with van der Waals surface area (Å²) in [6, 6.07) is 8.36. The molecule has 0 fully saturated rings. The summed E-state index contributed by atoms with van der Waals surface area (Å²) in [5.41, 5.74) is 7.56. The molecule has 0 atom stereocenters. The monoisotopic (exact) mass is 367 g/mol. The van der Waals surface area contributed by atoms with E-state index in [0.717, 1.165) is 0 Å². The molecule has 0 saturated carbocycles. The van der Waals surface area contributed by atoms with Crippen LogP contribution in [0, 0.1) is 0 Å². The number of nitrogens with one attached hydrogen (secondary N) is 1. The van der Waals surface area contributed by atoms with Crippen LogP contribution in [0.1, 0.15) is 0 Å². The predicted molar refractivity (Wildman–Crippen MR) is 93.2 cm³/mol. The minimum Gasteiger partial charge on any atom is -0.398 e. The molecule has 1 amide bonds. The lowest BCUT2D eigenvalue weighted by Gasteiger charge is -2.06. The maximum absolute atomic E-state index is 12.0. The minimum atomic E-state index is -0.200. The van der Waals surface area contributed by atoms with Gasteiger partial charge >= 0.3 is 0 Å². The molecule has 0 aliphatic rings. The molecule has 1 aromatic carbocycles. The van der Waals surface area contributed by atoms with E-state index in [1.807, 2.05) is 0 Å². The number of rotatable bonds is 4. The smallest absolute Gasteiger partial charge is 0.234 e. The summed E-state index contributed by atoms with van der Waals surface area (Å²) in [7, 11) is 0. The van der Waals surface area contributed by atoms with E-state index < -0.39 is 0 Å². The molecule has 2 heterocycles. The van der Waals surface area contributed by atoms with Crippen molar-refractivity contribution >= 4 is 57.9 Å². The van der Waals surface area contributed by atoms with Gasteiger partial charge in [-0.2, -0.15) is 0 Å². The molecule has 0 aliphatic heterocycles. The molecule has 0 spiro atoms. The lowest BCUT2D eigenvalue weighted by Crippen LogP contribution is -2.14. The zero-order chi connectivity index (χ0) is 16.4. The number of pyridine rings is 1. The third kappa shape index (κ3) is 3.87. The molecule has 6 nitrogen and oxygen atoms in total. The standard InChI is InChI=1S/C14H11Cl2N5OS/c15-8-3-9(16)5-11(4-8)18-13(22)7-23-14-20-19-12-2-1-10(17)6-21(12)14/h1-6H,7,17H2,(H,18,22). The fourth-order valence-corrected chi connectivity index (χ4v) is 3.18. The van der Waals surface area contributed by atoms with Crippen LogP contribution in [0.15, 0.2) is 41.7 Å². The Balaban J connectivity index is 1.67. The van der Waals surface area contributed by atoms with Gasteiger partial charge in [-0.1, -0.05) is 35.0 Å². The van der Waals surface area contributed by atoms with E-state index in [2.05, 4.69) is 15.5 Å². The number of aromatic nitrogens is 3. The number of nitrogens with two attached hydrogens (primary N) is 1. The molecule has 0 radical (unpaired) electrons. The number of fused-ring (bicyclic) bond motifs is 1. The highest BCUT2D eigenvalue weighted by atomic mass is 35.5. The van der Waals surface area contributed by atoms with Crippen LogP contribution in [0.4, 0.5) is 11.4 Å². The van der Waals surface area contributed by atoms with Gasteiger partial charge in [0, 0.05) is 27.6 Å². The van der Waals surface area contributed by atoms with Gasteiger partial charge < -0.3 is 11.1 Å². The number of hydrogen-bond donors (Lipinski definition) is 2. The lowest BCUT2D eigenvalue weighted by atomic mass is 10.3. The summed E-state index contributed by atoms with van der Waals surface area (Å²) in [5.74, 6) is -0.0336. The van der Waals surface area contributed by atoms with E-state index in [9.17, 15) is 4.79 Å². The second-order valence-electron chi connectivity index (χ2n) is 4.67. The van der Waals surface area contributed by atoms with E-state index in [1.54, 1.807) is 40.9 Å². The molecule has 23 heavy (non-hydrogen) atoms. The number of thioether (sulfide) groups is 1. The first-order valence-corrected chi connectivity index (χ1v) is 8.24. The lowest BCUT2D eigenvalue weighted by molar-refractivity contribution is -0.113. The van der Waals surface area contributed by atoms with E-state index in [4.69, 9.17) is 28.9 Å². The second-order valence-corrected chi connectivity index (χ2v) is 6.48. The Kier molecular flexibility index (Phi) is 4.61. The first-order chi connectivity index (χ1) is 11.0. The summed E-state index contributed by atoms with van der Waals surface area (Å²) < 4.78 is 1.74. The van der Waals surface area contributed by atoms with Gasteiger partial charge in [0.2, 0.25) is 5.91 Å². The number of carbonyl (C=O) groups excluding carboxylic acids is 1. The van der Waals surface area contributed by atoms with E-state index >= 15 is 0 Å². The predicted octanol–water partition coefficient (Wildman–Crippen LogP) is 3.35. The van der Waals surface area contributed by atoms with Gasteiger partial charge in [0.05, 0.1) is 5.75 Å². The zero-order valence-electron chi connectivity index (χ0n) is 11.7. The molecular formula is C14H11Cl2N5OS. The third-order valence-corrected chi connectivity index (χ3v) is 4.25. The van der Waals surface area contributed by atoms with E-state index in [-0.39, 0.29) is 11.7 Å². The number of benzene rings is 1. The van der Waals surface area contributed by atoms with Gasteiger partial charge in [0.1, 0.15) is 0 Å². The molecule has 0 saturated heterocycles. The highest BCUT2D eigenvalue weighted by molar-refractivity contribution is 7.99. The van der Waals surface area contributed by atoms with Crippen molar-refractivity contribution in [3.05, 3.63) is 46.6 Å². The average molecular weight is 368 g/mol. The number of halogens is 2. The van der Waals surface area contributed by atoms with Gasteiger partial charge in [0.25, 0.3) is 0 Å². The molecule has 2 aromatic heterocycles. The van der Waals surface area contributed by atoms with Gasteiger partial charge in [-0.25, -0.2) is 0 Å². The second kappa shape index (κ2) is 6.66. The van der Waals surface area contributed by atoms with Crippen molar-refractivity contribution < 1.29 is 4.79 Å². The number of nitrogens with zero attached hydrogens (tertiary/aromatic N) is 3. The summed E-state index contributed by atoms with van der Waals surface area (Å²) in [6.45, 7) is 0. The summed E-state index contributed by atoms with van der Waals surface area (Å²) >= 11 is 13.1. The van der Waals surface area contributed by atoms with E-state index in [1.165, 1.54) is 11.8 Å². The van der Waals surface area contributed by atoms with Crippen molar-refractivity contribution in [1.82, 2.24) is 14.6 Å². The Morgan fingerprint density at radius 1 is 1.22 bits per heavy atom. The normalized spacial score (nSPS) is 10.9. The first kappa shape index (κ1) is 15.9. The topological polar surface area (TPSA) is 85.3 Å². The van der Waals surface area contributed by atoms with Crippen LogP contribution in [0.3, 0.4) is 0 Å². The van der Waals surface area contributed by atoms with Gasteiger partial charge in [0.15, 0.2) is 10.8 Å². The quantitative estimate of drug-likeness (QED) is 0.690. The molecule has 0 aliphatic carbocycles. The number of anilines is 2. The van der Waals surface area contributed by atoms with Crippen LogP contribution in [0.25, 0.3) is 5.65 Å². The van der Waals surface area contributed by atoms with Crippen LogP contribution >= 0.6 is 35.0 Å². The van der Waals surface area contributed by atoms with Crippen molar-refractivity contribution in [2.75, 3.05) is 16.8 Å². The molecule has 3 N–H and O–H groups in total. The Bertz CT molecular complexity index is 862. The van der Waals surface area contributed by atoms with Crippen molar-refractivity contribution in [3.63, 3.8) is 0 Å². The van der Waals surface area contributed by atoms with Crippen molar-refractivity contribution in [2.24, 2.45) is 0 Å². The fraction of sp³-hybridized carbons (Fsp3) is 0.0714. The van der Waals surface area contributed by atoms with Crippen molar-refractivity contribution in [3.8, 4) is 0 Å². The number of carbonyl (C=O) groups is 1. The molecule has 3 rings (SSSR count). The largest absolute Gasteiger partial charge is 0.398 e. The maximum Gasteiger partial charge on any atom is 0.234 e. The molecule has 0 bridgehead atoms. The van der Waals surface area contributed by atoms with Crippen LogP contribution in [0.2, 0.25) is 10.0 Å². The Labute approximate surface area is 146 Å². The Morgan fingerprint density at radius 2 is 1.96 bits per heavy atom. The molecule has 9 heteroatoms. The highest BCUT2D eigenvalue weighted by Crippen LogP contribution is 2.23. The summed E-state index contributed by atoms with van der Waals surface area (Å²) in [6.07, 6.45) is 1.71.